The van der Waals surface area contributed by atoms with Crippen molar-refractivity contribution in [3.63, 3.8) is 0 Å². The summed E-state index contributed by atoms with van der Waals surface area (Å²) in [5, 5.41) is 12.9. The second kappa shape index (κ2) is 5.10. The van der Waals surface area contributed by atoms with Gasteiger partial charge in [0.2, 0.25) is 0 Å². The summed E-state index contributed by atoms with van der Waals surface area (Å²) in [7, 11) is 0. The van der Waals surface area contributed by atoms with Crippen molar-refractivity contribution < 1.29 is 9.94 Å². The Morgan fingerprint density at radius 2 is 2.28 bits per heavy atom. The van der Waals surface area contributed by atoms with Crippen molar-refractivity contribution in [2.75, 3.05) is 0 Å². The molecule has 0 bridgehead atoms. The zero-order valence-electron chi connectivity index (χ0n) is 9.67. The number of nitrogens with two attached hydrogens (primary N) is 1. The number of benzene rings is 1. The largest absolute Gasteiger partial charge is 0.480 e. The summed E-state index contributed by atoms with van der Waals surface area (Å²) in [6.45, 7) is 1.68. The third-order valence-corrected chi connectivity index (χ3v) is 2.84. The SMILES string of the molecule is CC(Oc1ccc(Cl)c2cccnc12)C(N)=NO. The number of ether oxygens (including phenoxy) is 1. The highest BCUT2D eigenvalue weighted by Crippen LogP contribution is 2.30. The smallest absolute Gasteiger partial charge is 0.180 e. The molecule has 6 heteroatoms. The van der Waals surface area contributed by atoms with Crippen molar-refractivity contribution in [2.45, 2.75) is 13.0 Å². The van der Waals surface area contributed by atoms with Crippen LogP contribution in [-0.4, -0.2) is 22.1 Å². The van der Waals surface area contributed by atoms with Crippen LogP contribution in [0.5, 0.6) is 5.75 Å². The van der Waals surface area contributed by atoms with Crippen LogP contribution in [0.25, 0.3) is 10.9 Å². The van der Waals surface area contributed by atoms with Crippen LogP contribution in [0.15, 0.2) is 35.6 Å². The maximum Gasteiger partial charge on any atom is 0.180 e. The number of nitrogens with zero attached hydrogens (tertiary/aromatic N) is 2. The van der Waals surface area contributed by atoms with E-state index in [1.165, 1.54) is 0 Å². The number of fused-ring (bicyclic) bond motifs is 1. The van der Waals surface area contributed by atoms with Crippen molar-refractivity contribution >= 4 is 28.3 Å². The number of oxime groups is 1. The number of hydrogen-bond donors (Lipinski definition) is 2. The molecular weight excluding hydrogens is 254 g/mol. The fraction of sp³-hybridized carbons (Fsp3) is 0.167. The van der Waals surface area contributed by atoms with Gasteiger partial charge in [-0.25, -0.2) is 0 Å². The van der Waals surface area contributed by atoms with Crippen LogP contribution in [0.3, 0.4) is 0 Å². The van der Waals surface area contributed by atoms with E-state index in [1.807, 2.05) is 6.07 Å². The van der Waals surface area contributed by atoms with Gasteiger partial charge in [-0.05, 0) is 31.2 Å². The van der Waals surface area contributed by atoms with E-state index < -0.39 is 6.10 Å². The summed E-state index contributed by atoms with van der Waals surface area (Å²) in [4.78, 5) is 4.23. The predicted molar refractivity (Wildman–Crippen MR) is 70.3 cm³/mol. The summed E-state index contributed by atoms with van der Waals surface area (Å²) < 4.78 is 5.60. The Bertz CT molecular complexity index is 601. The van der Waals surface area contributed by atoms with Crippen LogP contribution in [0.1, 0.15) is 6.92 Å². The fourth-order valence-electron chi connectivity index (χ4n) is 1.54. The van der Waals surface area contributed by atoms with Gasteiger partial charge in [-0.1, -0.05) is 16.8 Å². The van der Waals surface area contributed by atoms with Gasteiger partial charge in [0.15, 0.2) is 11.9 Å². The first-order valence-corrected chi connectivity index (χ1v) is 5.68. The lowest BCUT2D eigenvalue weighted by Crippen LogP contribution is -2.31. The Labute approximate surface area is 109 Å². The molecule has 0 spiro atoms. The summed E-state index contributed by atoms with van der Waals surface area (Å²) >= 11 is 6.07. The van der Waals surface area contributed by atoms with Crippen LogP contribution >= 0.6 is 11.6 Å². The van der Waals surface area contributed by atoms with Gasteiger partial charge >= 0.3 is 0 Å². The maximum absolute atomic E-state index is 8.59. The van der Waals surface area contributed by atoms with E-state index in [0.29, 0.717) is 16.3 Å². The lowest BCUT2D eigenvalue weighted by Gasteiger charge is -2.14. The Hall–Kier alpha value is -2.01. The number of halogens is 1. The number of amidine groups is 1. The summed E-state index contributed by atoms with van der Waals surface area (Å²) in [6.07, 6.45) is 1.10. The van der Waals surface area contributed by atoms with E-state index in [2.05, 4.69) is 10.1 Å². The first-order valence-electron chi connectivity index (χ1n) is 5.30. The first kappa shape index (κ1) is 12.4. The maximum atomic E-state index is 8.59. The highest BCUT2D eigenvalue weighted by molar-refractivity contribution is 6.35. The highest BCUT2D eigenvalue weighted by Gasteiger charge is 2.13. The average molecular weight is 266 g/mol. The zero-order valence-corrected chi connectivity index (χ0v) is 10.4. The van der Waals surface area contributed by atoms with Crippen LogP contribution in [-0.2, 0) is 0 Å². The molecule has 3 N–H and O–H groups in total. The molecule has 0 radical (unpaired) electrons. The van der Waals surface area contributed by atoms with Gasteiger partial charge in [0.25, 0.3) is 0 Å². The first-order chi connectivity index (χ1) is 8.63. The quantitative estimate of drug-likeness (QED) is 0.386. The minimum atomic E-state index is -0.554. The monoisotopic (exact) mass is 265 g/mol. The van der Waals surface area contributed by atoms with Crippen molar-refractivity contribution in [2.24, 2.45) is 10.9 Å². The van der Waals surface area contributed by atoms with Crippen molar-refractivity contribution in [3.8, 4) is 5.75 Å². The molecule has 1 aromatic heterocycles. The lowest BCUT2D eigenvalue weighted by molar-refractivity contribution is 0.267. The number of pyridine rings is 1. The molecule has 0 fully saturated rings. The second-order valence-electron chi connectivity index (χ2n) is 3.73. The molecule has 18 heavy (non-hydrogen) atoms. The molecule has 5 nitrogen and oxygen atoms in total. The van der Waals surface area contributed by atoms with E-state index in [4.69, 9.17) is 27.3 Å². The molecule has 0 aliphatic rings. The minimum absolute atomic E-state index is 0.00553. The van der Waals surface area contributed by atoms with E-state index in [1.54, 1.807) is 31.3 Å². The Morgan fingerprint density at radius 3 is 3.00 bits per heavy atom. The van der Waals surface area contributed by atoms with Gasteiger partial charge in [0.1, 0.15) is 11.3 Å². The highest BCUT2D eigenvalue weighted by atomic mass is 35.5. The molecular formula is C12H12ClN3O2. The fourth-order valence-corrected chi connectivity index (χ4v) is 1.75. The molecule has 0 saturated heterocycles. The number of aromatic nitrogens is 1. The van der Waals surface area contributed by atoms with E-state index in [9.17, 15) is 0 Å². The van der Waals surface area contributed by atoms with E-state index in [0.717, 1.165) is 5.39 Å². The van der Waals surface area contributed by atoms with Crippen LogP contribution in [0, 0.1) is 0 Å². The Balaban J connectivity index is 2.43. The molecule has 1 aromatic carbocycles. The molecule has 2 aromatic rings. The third-order valence-electron chi connectivity index (χ3n) is 2.52. The van der Waals surface area contributed by atoms with Crippen molar-refractivity contribution in [1.82, 2.24) is 4.98 Å². The average Bonchev–Trinajstić information content (AvgIpc) is 2.41. The molecule has 0 amide bonds. The number of hydrogen-bond acceptors (Lipinski definition) is 4. The Kier molecular flexibility index (Phi) is 3.53. The van der Waals surface area contributed by atoms with Gasteiger partial charge in [-0.3, -0.25) is 4.98 Å². The third kappa shape index (κ3) is 2.31. The molecule has 0 aliphatic carbocycles. The topological polar surface area (TPSA) is 80.7 Å². The van der Waals surface area contributed by atoms with Crippen molar-refractivity contribution in [1.29, 1.82) is 0 Å². The normalized spacial score (nSPS) is 13.6. The molecule has 1 heterocycles. The lowest BCUT2D eigenvalue weighted by atomic mass is 10.2. The van der Waals surface area contributed by atoms with Gasteiger partial charge in [-0.2, -0.15) is 0 Å². The summed E-state index contributed by atoms with van der Waals surface area (Å²) in [5.74, 6) is 0.531. The van der Waals surface area contributed by atoms with Crippen molar-refractivity contribution in [3.05, 3.63) is 35.5 Å². The standard InChI is InChI=1S/C12H12ClN3O2/c1-7(12(14)16-17)18-10-5-4-9(13)8-3-2-6-15-11(8)10/h2-7,17H,1H3,(H2,14,16). The second-order valence-corrected chi connectivity index (χ2v) is 4.14. The van der Waals surface area contributed by atoms with Gasteiger partial charge in [0.05, 0.1) is 5.02 Å². The molecule has 94 valence electrons. The number of rotatable bonds is 3. The van der Waals surface area contributed by atoms with Gasteiger partial charge in [0, 0.05) is 11.6 Å². The van der Waals surface area contributed by atoms with Gasteiger partial charge < -0.3 is 15.7 Å². The summed E-state index contributed by atoms with van der Waals surface area (Å²) in [6, 6.07) is 7.08. The van der Waals surface area contributed by atoms with Crippen LogP contribution < -0.4 is 10.5 Å². The Morgan fingerprint density at radius 1 is 1.50 bits per heavy atom. The van der Waals surface area contributed by atoms with Crippen LogP contribution in [0.2, 0.25) is 5.02 Å². The predicted octanol–water partition coefficient (Wildman–Crippen LogP) is 2.40. The van der Waals surface area contributed by atoms with E-state index in [-0.39, 0.29) is 5.84 Å². The molecule has 0 aliphatic heterocycles. The van der Waals surface area contributed by atoms with Crippen LogP contribution in [0.4, 0.5) is 0 Å². The van der Waals surface area contributed by atoms with Gasteiger partial charge in [-0.15, -0.1) is 0 Å². The molecule has 0 saturated carbocycles. The molecule has 1 unspecified atom stereocenters. The minimum Gasteiger partial charge on any atom is -0.480 e. The molecule has 2 rings (SSSR count). The van der Waals surface area contributed by atoms with E-state index >= 15 is 0 Å². The zero-order chi connectivity index (χ0) is 13.1. The molecule has 1 atom stereocenters. The summed E-state index contributed by atoms with van der Waals surface area (Å²) in [5.41, 5.74) is 6.11.